The minimum absolute atomic E-state index is 0.220. The Bertz CT molecular complexity index is 470. The fourth-order valence-corrected chi connectivity index (χ4v) is 2.22. The average molecular weight is 291 g/mol. The maximum Gasteiger partial charge on any atom is 0.411 e. The van der Waals surface area contributed by atoms with E-state index in [4.69, 9.17) is 4.42 Å². The lowest BCUT2D eigenvalue weighted by atomic mass is 9.93. The van der Waals surface area contributed by atoms with Gasteiger partial charge < -0.3 is 14.5 Å². The lowest BCUT2D eigenvalue weighted by Gasteiger charge is -2.24. The van der Waals surface area contributed by atoms with Crippen LogP contribution < -0.4 is 5.32 Å². The molecular weight excluding hydrogens is 275 g/mol. The number of furan rings is 1. The predicted octanol–water partition coefficient (Wildman–Crippen LogP) is 2.74. The second kappa shape index (κ2) is 5.87. The number of hydrogen-bond donors (Lipinski definition) is 1. The highest BCUT2D eigenvalue weighted by Gasteiger charge is 2.31. The normalized spacial score (nSPS) is 20.3. The first-order valence-electron chi connectivity index (χ1n) is 6.42. The lowest BCUT2D eigenvalue weighted by molar-refractivity contribution is -0.185. The number of ether oxygens (including phenoxy) is 1. The standard InChI is InChI=1S/C13H16F3NO3/c1-8(20-7-13(14,15)16)12(18)17-10-3-2-4-11-9(10)5-6-19-11/h5-6,8,10H,2-4,7H2,1H3,(H,17,18)/t8-,10+/m1/s1. The minimum Gasteiger partial charge on any atom is -0.469 e. The van der Waals surface area contributed by atoms with Crippen molar-refractivity contribution in [2.75, 3.05) is 6.61 Å². The SMILES string of the molecule is C[C@@H](OCC(F)(F)F)C(=O)N[C@H]1CCCc2occc21. The molecule has 2 rings (SSSR count). The van der Waals surface area contributed by atoms with Crippen molar-refractivity contribution in [3.8, 4) is 0 Å². The Labute approximate surface area is 114 Å². The summed E-state index contributed by atoms with van der Waals surface area (Å²) in [6.45, 7) is -0.122. The monoisotopic (exact) mass is 291 g/mol. The molecule has 1 aliphatic carbocycles. The van der Waals surface area contributed by atoms with Crippen molar-refractivity contribution in [1.82, 2.24) is 5.32 Å². The van der Waals surface area contributed by atoms with Gasteiger partial charge in [-0.15, -0.1) is 0 Å². The minimum atomic E-state index is -4.43. The van der Waals surface area contributed by atoms with E-state index in [1.165, 1.54) is 6.92 Å². The number of hydrogen-bond acceptors (Lipinski definition) is 3. The summed E-state index contributed by atoms with van der Waals surface area (Å²) in [5.74, 6) is 0.277. The van der Waals surface area contributed by atoms with Gasteiger partial charge in [-0.25, -0.2) is 0 Å². The van der Waals surface area contributed by atoms with E-state index in [0.717, 1.165) is 30.6 Å². The summed E-state index contributed by atoms with van der Waals surface area (Å²) in [7, 11) is 0. The van der Waals surface area contributed by atoms with Crippen LogP contribution in [0.25, 0.3) is 0 Å². The van der Waals surface area contributed by atoms with Crippen LogP contribution in [0.1, 0.15) is 37.1 Å². The Morgan fingerprint density at radius 1 is 1.60 bits per heavy atom. The number of nitrogens with one attached hydrogen (secondary N) is 1. The van der Waals surface area contributed by atoms with Crippen LogP contribution in [-0.4, -0.2) is 24.8 Å². The zero-order chi connectivity index (χ0) is 14.8. The Balaban J connectivity index is 1.89. The highest BCUT2D eigenvalue weighted by Crippen LogP contribution is 2.30. The van der Waals surface area contributed by atoms with Crippen molar-refractivity contribution in [1.29, 1.82) is 0 Å². The summed E-state index contributed by atoms with van der Waals surface area (Å²) in [5.41, 5.74) is 0.896. The largest absolute Gasteiger partial charge is 0.469 e. The van der Waals surface area contributed by atoms with Crippen molar-refractivity contribution < 1.29 is 27.1 Å². The van der Waals surface area contributed by atoms with Gasteiger partial charge in [-0.2, -0.15) is 13.2 Å². The van der Waals surface area contributed by atoms with Gasteiger partial charge in [0, 0.05) is 12.0 Å². The quantitative estimate of drug-likeness (QED) is 0.928. The molecule has 0 fully saturated rings. The van der Waals surface area contributed by atoms with Crippen LogP contribution in [0.15, 0.2) is 16.7 Å². The average Bonchev–Trinajstić information content (AvgIpc) is 2.84. The molecule has 0 unspecified atom stereocenters. The second-order valence-electron chi connectivity index (χ2n) is 4.82. The summed E-state index contributed by atoms with van der Waals surface area (Å²) in [4.78, 5) is 11.8. The molecule has 0 spiro atoms. The molecule has 0 bridgehead atoms. The van der Waals surface area contributed by atoms with Gasteiger partial charge in [0.05, 0.1) is 12.3 Å². The molecule has 1 amide bonds. The number of halogens is 3. The van der Waals surface area contributed by atoms with E-state index in [1.54, 1.807) is 12.3 Å². The lowest BCUT2D eigenvalue weighted by Crippen LogP contribution is -2.39. The zero-order valence-corrected chi connectivity index (χ0v) is 11.0. The maximum atomic E-state index is 12.0. The highest BCUT2D eigenvalue weighted by molar-refractivity contribution is 5.80. The molecule has 7 heteroatoms. The molecule has 4 nitrogen and oxygen atoms in total. The van der Waals surface area contributed by atoms with Crippen molar-refractivity contribution >= 4 is 5.91 Å². The summed E-state index contributed by atoms with van der Waals surface area (Å²) >= 11 is 0. The van der Waals surface area contributed by atoms with Crippen LogP contribution in [0, 0.1) is 0 Å². The van der Waals surface area contributed by atoms with Crippen LogP contribution in [0.5, 0.6) is 0 Å². The van der Waals surface area contributed by atoms with Gasteiger partial charge in [-0.3, -0.25) is 4.79 Å². The molecule has 1 N–H and O–H groups in total. The Kier molecular flexibility index (Phi) is 4.37. The number of carbonyl (C=O) groups excluding carboxylic acids is 1. The van der Waals surface area contributed by atoms with E-state index in [1.807, 2.05) is 0 Å². The second-order valence-corrected chi connectivity index (χ2v) is 4.82. The van der Waals surface area contributed by atoms with Crippen LogP contribution in [0.4, 0.5) is 13.2 Å². The van der Waals surface area contributed by atoms with Crippen LogP contribution in [0.2, 0.25) is 0 Å². The highest BCUT2D eigenvalue weighted by atomic mass is 19.4. The molecule has 112 valence electrons. The fraction of sp³-hybridized carbons (Fsp3) is 0.615. The Morgan fingerprint density at radius 3 is 3.05 bits per heavy atom. The number of fused-ring (bicyclic) bond motifs is 1. The van der Waals surface area contributed by atoms with Gasteiger partial charge in [0.15, 0.2) is 0 Å². The molecule has 20 heavy (non-hydrogen) atoms. The van der Waals surface area contributed by atoms with Crippen molar-refractivity contribution in [3.05, 3.63) is 23.7 Å². The third kappa shape index (κ3) is 3.75. The number of aryl methyl sites for hydroxylation is 1. The molecular formula is C13H16F3NO3. The number of amides is 1. The predicted molar refractivity (Wildman–Crippen MR) is 64.0 cm³/mol. The van der Waals surface area contributed by atoms with E-state index in [9.17, 15) is 18.0 Å². The number of rotatable bonds is 4. The van der Waals surface area contributed by atoms with E-state index in [-0.39, 0.29) is 6.04 Å². The first kappa shape index (κ1) is 14.9. The maximum absolute atomic E-state index is 12.0. The molecule has 2 atom stereocenters. The third-order valence-corrected chi connectivity index (χ3v) is 3.23. The van der Waals surface area contributed by atoms with Crippen molar-refractivity contribution in [3.63, 3.8) is 0 Å². The van der Waals surface area contributed by atoms with Gasteiger partial charge in [0.25, 0.3) is 0 Å². The molecule has 0 saturated heterocycles. The van der Waals surface area contributed by atoms with E-state index in [2.05, 4.69) is 10.1 Å². The van der Waals surface area contributed by atoms with Crippen molar-refractivity contribution in [2.45, 2.75) is 44.5 Å². The van der Waals surface area contributed by atoms with Gasteiger partial charge in [-0.05, 0) is 25.8 Å². The molecule has 1 aromatic heterocycles. The van der Waals surface area contributed by atoms with E-state index < -0.39 is 24.8 Å². The van der Waals surface area contributed by atoms with Gasteiger partial charge in [0.2, 0.25) is 5.91 Å². The van der Waals surface area contributed by atoms with Crippen LogP contribution >= 0.6 is 0 Å². The smallest absolute Gasteiger partial charge is 0.411 e. The Morgan fingerprint density at radius 2 is 2.35 bits per heavy atom. The van der Waals surface area contributed by atoms with E-state index in [0.29, 0.717) is 0 Å². The van der Waals surface area contributed by atoms with E-state index >= 15 is 0 Å². The molecule has 1 heterocycles. The van der Waals surface area contributed by atoms with Crippen LogP contribution in [0.3, 0.4) is 0 Å². The summed E-state index contributed by atoms with van der Waals surface area (Å²) < 4.78 is 45.9. The van der Waals surface area contributed by atoms with Gasteiger partial charge in [-0.1, -0.05) is 0 Å². The molecule has 0 aromatic carbocycles. The molecule has 0 aliphatic heterocycles. The fourth-order valence-electron chi connectivity index (χ4n) is 2.22. The van der Waals surface area contributed by atoms with Gasteiger partial charge >= 0.3 is 6.18 Å². The first-order valence-corrected chi connectivity index (χ1v) is 6.42. The summed E-state index contributed by atoms with van der Waals surface area (Å²) in [6, 6.07) is 1.56. The third-order valence-electron chi connectivity index (χ3n) is 3.23. The number of alkyl halides is 3. The Hall–Kier alpha value is -1.50. The topological polar surface area (TPSA) is 51.5 Å². The zero-order valence-electron chi connectivity index (χ0n) is 11.0. The summed E-state index contributed by atoms with van der Waals surface area (Å²) in [6.07, 6.45) is -1.60. The van der Waals surface area contributed by atoms with Crippen molar-refractivity contribution in [2.24, 2.45) is 0 Å². The molecule has 1 aromatic rings. The molecule has 1 aliphatic rings. The van der Waals surface area contributed by atoms with Gasteiger partial charge in [0.1, 0.15) is 18.5 Å². The summed E-state index contributed by atoms with van der Waals surface area (Å²) in [5, 5.41) is 2.71. The molecule has 0 saturated carbocycles. The van der Waals surface area contributed by atoms with Crippen LogP contribution in [-0.2, 0) is 16.0 Å². The molecule has 0 radical (unpaired) electrons. The first-order chi connectivity index (χ1) is 9.37. The number of carbonyl (C=O) groups is 1.